The van der Waals surface area contributed by atoms with E-state index in [4.69, 9.17) is 5.26 Å². The number of H-pyrrole nitrogens is 1. The van der Waals surface area contributed by atoms with Gasteiger partial charge in [-0.1, -0.05) is 18.2 Å². The highest BCUT2D eigenvalue weighted by Crippen LogP contribution is 2.11. The van der Waals surface area contributed by atoms with Crippen LogP contribution in [0.5, 0.6) is 0 Å². The number of nitriles is 1. The first-order valence-electron chi connectivity index (χ1n) is 4.24. The highest BCUT2D eigenvalue weighted by atomic mass is 15.3. The van der Waals surface area contributed by atoms with Gasteiger partial charge in [0.25, 0.3) is 0 Å². The number of aromatic amines is 1. The number of nitrogens with zero attached hydrogens (tertiary/aromatic N) is 3. The van der Waals surface area contributed by atoms with Crippen LogP contribution in [0.2, 0.25) is 0 Å². The zero-order chi connectivity index (χ0) is 9.80. The molecule has 0 bridgehead atoms. The van der Waals surface area contributed by atoms with Crippen molar-refractivity contribution in [3.05, 3.63) is 29.8 Å². The zero-order valence-corrected chi connectivity index (χ0v) is 7.44. The summed E-state index contributed by atoms with van der Waals surface area (Å²) >= 11 is 0. The molecule has 0 radical (unpaired) electrons. The van der Waals surface area contributed by atoms with Crippen LogP contribution in [0.25, 0.3) is 17.1 Å². The van der Waals surface area contributed by atoms with Gasteiger partial charge in [0.15, 0.2) is 0 Å². The maximum Gasteiger partial charge on any atom is 0.113 e. The highest BCUT2D eigenvalue weighted by Gasteiger charge is 1.96. The molecular formula is C10H8N4. The maximum atomic E-state index is 8.35. The summed E-state index contributed by atoms with van der Waals surface area (Å²) in [6, 6.07) is 7.81. The molecule has 0 aliphatic heterocycles. The van der Waals surface area contributed by atoms with Crippen molar-refractivity contribution < 1.29 is 0 Å². The van der Waals surface area contributed by atoms with Crippen LogP contribution in [0.4, 0.5) is 0 Å². The Morgan fingerprint density at radius 1 is 1.36 bits per heavy atom. The summed E-state index contributed by atoms with van der Waals surface area (Å²) in [7, 11) is 0. The molecule has 0 spiro atoms. The molecule has 2 aromatic rings. The van der Waals surface area contributed by atoms with Crippen LogP contribution in [-0.4, -0.2) is 15.4 Å². The molecule has 4 heteroatoms. The van der Waals surface area contributed by atoms with Crippen LogP contribution in [0.15, 0.2) is 24.3 Å². The number of allylic oxidation sites excluding steroid dienone is 1. The number of fused-ring (bicyclic) bond motifs is 1. The van der Waals surface area contributed by atoms with Crippen molar-refractivity contribution in [1.29, 1.82) is 5.26 Å². The molecule has 1 aromatic carbocycles. The molecule has 0 saturated heterocycles. The van der Waals surface area contributed by atoms with E-state index in [2.05, 4.69) is 15.4 Å². The van der Waals surface area contributed by atoms with Gasteiger partial charge in [-0.15, -0.1) is 0 Å². The summed E-state index contributed by atoms with van der Waals surface area (Å²) in [5, 5.41) is 18.8. The smallest absolute Gasteiger partial charge is 0.113 e. The van der Waals surface area contributed by atoms with Gasteiger partial charge in [-0.3, -0.25) is 0 Å². The molecule has 0 unspecified atom stereocenters. The molecule has 0 fully saturated rings. The molecule has 1 aromatic heterocycles. The Morgan fingerprint density at radius 2 is 2.21 bits per heavy atom. The molecule has 4 nitrogen and oxygen atoms in total. The Morgan fingerprint density at radius 3 is 3.07 bits per heavy atom. The third-order valence-electron chi connectivity index (χ3n) is 1.86. The fourth-order valence-corrected chi connectivity index (χ4v) is 1.21. The average molecular weight is 184 g/mol. The number of aromatic nitrogens is 3. The standard InChI is InChI=1S/C10H8N4/c11-6-2-1-3-8-4-5-9-10(7-8)13-14-12-9/h1,3-5,7H,2H2,(H,12,13,14). The lowest BCUT2D eigenvalue weighted by molar-refractivity contribution is 0.959. The summed E-state index contributed by atoms with van der Waals surface area (Å²) < 4.78 is 0. The second kappa shape index (κ2) is 3.71. The lowest BCUT2D eigenvalue weighted by Crippen LogP contribution is -1.73. The van der Waals surface area contributed by atoms with E-state index in [0.717, 1.165) is 16.6 Å². The Labute approximate surface area is 80.9 Å². The molecule has 0 aliphatic rings. The lowest BCUT2D eigenvalue weighted by Gasteiger charge is -1.90. The van der Waals surface area contributed by atoms with Crippen molar-refractivity contribution in [2.75, 3.05) is 0 Å². The Bertz CT molecular complexity index is 504. The molecular weight excluding hydrogens is 176 g/mol. The van der Waals surface area contributed by atoms with Crippen molar-refractivity contribution >= 4 is 17.1 Å². The fraction of sp³-hybridized carbons (Fsp3) is 0.100. The van der Waals surface area contributed by atoms with Crippen LogP contribution in [0, 0.1) is 11.3 Å². The van der Waals surface area contributed by atoms with Crippen LogP contribution in [0.1, 0.15) is 12.0 Å². The number of nitrogens with one attached hydrogen (secondary N) is 1. The van der Waals surface area contributed by atoms with Crippen molar-refractivity contribution in [2.24, 2.45) is 0 Å². The van der Waals surface area contributed by atoms with Gasteiger partial charge in [0, 0.05) is 0 Å². The number of rotatable bonds is 2. The van der Waals surface area contributed by atoms with E-state index in [9.17, 15) is 0 Å². The third-order valence-corrected chi connectivity index (χ3v) is 1.86. The quantitative estimate of drug-likeness (QED) is 0.774. The molecule has 14 heavy (non-hydrogen) atoms. The topological polar surface area (TPSA) is 65.4 Å². The molecule has 1 heterocycles. The summed E-state index contributed by atoms with van der Waals surface area (Å²) in [6.45, 7) is 0. The highest BCUT2D eigenvalue weighted by molar-refractivity contribution is 5.76. The van der Waals surface area contributed by atoms with Crippen LogP contribution in [-0.2, 0) is 0 Å². The molecule has 0 aliphatic carbocycles. The summed E-state index contributed by atoms with van der Waals surface area (Å²) in [4.78, 5) is 0. The monoisotopic (exact) mass is 184 g/mol. The first-order chi connectivity index (χ1) is 6.90. The molecule has 1 N–H and O–H groups in total. The van der Waals surface area contributed by atoms with Gasteiger partial charge in [0.2, 0.25) is 0 Å². The van der Waals surface area contributed by atoms with Gasteiger partial charge in [0.05, 0.1) is 12.5 Å². The second-order valence-electron chi connectivity index (χ2n) is 2.84. The molecule has 68 valence electrons. The van der Waals surface area contributed by atoms with Crippen molar-refractivity contribution in [3.8, 4) is 6.07 Å². The minimum atomic E-state index is 0.427. The molecule has 0 amide bonds. The second-order valence-corrected chi connectivity index (χ2v) is 2.84. The lowest BCUT2D eigenvalue weighted by atomic mass is 10.2. The van der Waals surface area contributed by atoms with Gasteiger partial charge >= 0.3 is 0 Å². The third kappa shape index (κ3) is 1.62. The van der Waals surface area contributed by atoms with Crippen molar-refractivity contribution in [3.63, 3.8) is 0 Å². The molecule has 2 rings (SSSR count). The Hall–Kier alpha value is -2.15. The first-order valence-corrected chi connectivity index (χ1v) is 4.24. The minimum Gasteiger partial charge on any atom is -0.198 e. The van der Waals surface area contributed by atoms with Crippen LogP contribution < -0.4 is 0 Å². The SMILES string of the molecule is N#CCC=Cc1ccc2n[nH]nc2c1. The Kier molecular flexibility index (Phi) is 2.24. The van der Waals surface area contributed by atoms with Gasteiger partial charge in [-0.05, 0) is 17.7 Å². The van der Waals surface area contributed by atoms with E-state index in [1.807, 2.05) is 36.4 Å². The van der Waals surface area contributed by atoms with Crippen LogP contribution >= 0.6 is 0 Å². The number of hydrogen-bond donors (Lipinski definition) is 1. The van der Waals surface area contributed by atoms with Gasteiger partial charge in [-0.2, -0.15) is 20.7 Å². The fourth-order valence-electron chi connectivity index (χ4n) is 1.21. The molecule has 0 atom stereocenters. The van der Waals surface area contributed by atoms with Crippen molar-refractivity contribution in [2.45, 2.75) is 6.42 Å². The van der Waals surface area contributed by atoms with E-state index in [1.54, 1.807) is 0 Å². The molecule has 0 saturated carbocycles. The maximum absolute atomic E-state index is 8.35. The average Bonchev–Trinajstić information content (AvgIpc) is 2.65. The van der Waals surface area contributed by atoms with Gasteiger partial charge < -0.3 is 0 Å². The summed E-state index contributed by atoms with van der Waals surface area (Å²) in [5.41, 5.74) is 2.72. The van der Waals surface area contributed by atoms with E-state index in [1.165, 1.54) is 0 Å². The normalized spacial score (nSPS) is 10.8. The van der Waals surface area contributed by atoms with E-state index >= 15 is 0 Å². The summed E-state index contributed by atoms with van der Waals surface area (Å²) in [5.74, 6) is 0. The summed E-state index contributed by atoms with van der Waals surface area (Å²) in [6.07, 6.45) is 4.15. The van der Waals surface area contributed by atoms with Crippen LogP contribution in [0.3, 0.4) is 0 Å². The minimum absolute atomic E-state index is 0.427. The zero-order valence-electron chi connectivity index (χ0n) is 7.44. The van der Waals surface area contributed by atoms with E-state index in [-0.39, 0.29) is 0 Å². The number of benzene rings is 1. The van der Waals surface area contributed by atoms with Gasteiger partial charge in [-0.25, -0.2) is 0 Å². The van der Waals surface area contributed by atoms with Crippen molar-refractivity contribution in [1.82, 2.24) is 15.4 Å². The van der Waals surface area contributed by atoms with E-state index in [0.29, 0.717) is 6.42 Å². The van der Waals surface area contributed by atoms with E-state index < -0.39 is 0 Å². The first kappa shape index (κ1) is 8.45. The number of hydrogen-bond acceptors (Lipinski definition) is 3. The largest absolute Gasteiger partial charge is 0.198 e. The van der Waals surface area contributed by atoms with Gasteiger partial charge in [0.1, 0.15) is 11.0 Å². The Balaban J connectivity index is 2.31. The predicted octanol–water partition coefficient (Wildman–Crippen LogP) is 1.88. The predicted molar refractivity (Wildman–Crippen MR) is 53.2 cm³/mol.